The van der Waals surface area contributed by atoms with E-state index in [9.17, 15) is 18.9 Å². The zero-order valence-corrected chi connectivity index (χ0v) is 10.5. The number of nitro benzene ring substituents is 1. The van der Waals surface area contributed by atoms with Crippen LogP contribution in [0, 0.1) is 21.7 Å². The molecule has 0 saturated heterocycles. The van der Waals surface area contributed by atoms with E-state index in [0.29, 0.717) is 18.3 Å². The molecule has 2 aromatic rings. The van der Waals surface area contributed by atoms with E-state index < -0.39 is 22.2 Å². The molecule has 0 spiro atoms. The number of nitrogens with one attached hydrogen (secondary N) is 1. The van der Waals surface area contributed by atoms with Crippen molar-refractivity contribution in [3.8, 4) is 0 Å². The maximum absolute atomic E-state index is 13.4. The Labute approximate surface area is 112 Å². The van der Waals surface area contributed by atoms with E-state index in [2.05, 4.69) is 15.5 Å². The minimum Gasteiger partial charge on any atom is -0.379 e. The van der Waals surface area contributed by atoms with Gasteiger partial charge in [0.05, 0.1) is 4.92 Å². The molecule has 2 rings (SSSR count). The fourth-order valence-corrected chi connectivity index (χ4v) is 1.73. The van der Waals surface area contributed by atoms with E-state index in [1.165, 1.54) is 6.33 Å². The summed E-state index contributed by atoms with van der Waals surface area (Å²) in [5, 5.41) is 20.9. The van der Waals surface area contributed by atoms with Crippen LogP contribution in [0.4, 0.5) is 20.2 Å². The number of nitro groups is 1. The molecule has 0 bridgehead atoms. The van der Waals surface area contributed by atoms with Crippen molar-refractivity contribution in [2.45, 2.75) is 6.42 Å². The molecule has 0 aliphatic rings. The average Bonchev–Trinajstić information content (AvgIpc) is 2.73. The molecule has 20 heavy (non-hydrogen) atoms. The molecule has 0 fully saturated rings. The molecular formula is C11H11F2N5O2. The molecule has 0 aliphatic heterocycles. The zero-order chi connectivity index (χ0) is 14.7. The molecule has 0 saturated carbocycles. The minimum absolute atomic E-state index is 0.199. The number of hydrogen-bond acceptors (Lipinski definition) is 5. The van der Waals surface area contributed by atoms with Gasteiger partial charge in [-0.2, -0.15) is 4.39 Å². The van der Waals surface area contributed by atoms with Crippen LogP contribution in [-0.4, -0.2) is 26.2 Å². The van der Waals surface area contributed by atoms with E-state index in [0.717, 1.165) is 6.07 Å². The molecule has 0 aliphatic carbocycles. The van der Waals surface area contributed by atoms with Crippen LogP contribution in [0.2, 0.25) is 0 Å². The topological polar surface area (TPSA) is 85.9 Å². The van der Waals surface area contributed by atoms with Crippen LogP contribution >= 0.6 is 0 Å². The molecule has 1 heterocycles. The molecule has 106 valence electrons. The van der Waals surface area contributed by atoms with Gasteiger partial charge in [0.25, 0.3) is 0 Å². The van der Waals surface area contributed by atoms with E-state index in [4.69, 9.17) is 0 Å². The van der Waals surface area contributed by atoms with Crippen molar-refractivity contribution in [1.82, 2.24) is 14.8 Å². The lowest BCUT2D eigenvalue weighted by molar-refractivity contribution is -0.386. The van der Waals surface area contributed by atoms with Crippen molar-refractivity contribution >= 4 is 11.4 Å². The molecule has 1 N–H and O–H groups in total. The maximum atomic E-state index is 13.4. The predicted octanol–water partition coefficient (Wildman–Crippen LogP) is 1.66. The summed E-state index contributed by atoms with van der Waals surface area (Å²) < 4.78 is 28.2. The van der Waals surface area contributed by atoms with E-state index >= 15 is 0 Å². The van der Waals surface area contributed by atoms with Crippen molar-refractivity contribution in [2.24, 2.45) is 7.05 Å². The molecule has 0 amide bonds. The Hall–Kier alpha value is -2.58. The monoisotopic (exact) mass is 283 g/mol. The Kier molecular flexibility index (Phi) is 3.87. The Balaban J connectivity index is 2.13. The van der Waals surface area contributed by atoms with E-state index in [-0.39, 0.29) is 12.2 Å². The number of nitrogens with zero attached hydrogens (tertiary/aromatic N) is 4. The number of hydrogen-bond donors (Lipinski definition) is 1. The van der Waals surface area contributed by atoms with Crippen LogP contribution in [0.25, 0.3) is 0 Å². The maximum Gasteiger partial charge on any atom is 0.327 e. The second-order valence-electron chi connectivity index (χ2n) is 4.08. The Bertz CT molecular complexity index is 644. The molecule has 0 radical (unpaired) electrons. The highest BCUT2D eigenvalue weighted by molar-refractivity contribution is 5.62. The predicted molar refractivity (Wildman–Crippen MR) is 66.2 cm³/mol. The zero-order valence-electron chi connectivity index (χ0n) is 10.5. The second-order valence-corrected chi connectivity index (χ2v) is 4.08. The highest BCUT2D eigenvalue weighted by Crippen LogP contribution is 2.28. The molecule has 7 nitrogen and oxygen atoms in total. The lowest BCUT2D eigenvalue weighted by Crippen LogP contribution is -2.11. The minimum atomic E-state index is -1.21. The first kappa shape index (κ1) is 13.8. The molecule has 9 heteroatoms. The third kappa shape index (κ3) is 2.87. The standard InChI is InChI=1S/C11H11F2N5O2/c1-17-6-15-16-10(17)2-3-14-9-5-7(12)4-8(13)11(9)18(19)20/h4-6,14H,2-3H2,1H3. The van der Waals surface area contributed by atoms with Crippen LogP contribution in [0.15, 0.2) is 18.5 Å². The van der Waals surface area contributed by atoms with Crippen molar-refractivity contribution < 1.29 is 13.7 Å². The number of aryl methyl sites for hydroxylation is 1. The first-order valence-electron chi connectivity index (χ1n) is 5.69. The summed E-state index contributed by atoms with van der Waals surface area (Å²) in [7, 11) is 1.75. The largest absolute Gasteiger partial charge is 0.379 e. The van der Waals surface area contributed by atoms with Crippen LogP contribution < -0.4 is 5.32 Å². The second kappa shape index (κ2) is 5.59. The average molecular weight is 283 g/mol. The Morgan fingerprint density at radius 1 is 1.45 bits per heavy atom. The van der Waals surface area contributed by atoms with Gasteiger partial charge in [-0.1, -0.05) is 0 Å². The summed E-state index contributed by atoms with van der Waals surface area (Å²) in [6, 6.07) is 1.36. The SMILES string of the molecule is Cn1cnnc1CCNc1cc(F)cc(F)c1[N+](=O)[O-]. The number of rotatable bonds is 5. The number of halogens is 2. The van der Waals surface area contributed by atoms with Crippen molar-refractivity contribution in [1.29, 1.82) is 0 Å². The Morgan fingerprint density at radius 2 is 2.20 bits per heavy atom. The van der Waals surface area contributed by atoms with Crippen molar-refractivity contribution in [2.75, 3.05) is 11.9 Å². The summed E-state index contributed by atoms with van der Waals surface area (Å²) in [5.41, 5.74) is -0.973. The van der Waals surface area contributed by atoms with Crippen molar-refractivity contribution in [3.05, 3.63) is 46.0 Å². The first-order chi connectivity index (χ1) is 9.49. The van der Waals surface area contributed by atoms with Gasteiger partial charge in [0.1, 0.15) is 23.7 Å². The van der Waals surface area contributed by atoms with Crippen LogP contribution in [0.3, 0.4) is 0 Å². The fraction of sp³-hybridized carbons (Fsp3) is 0.273. The van der Waals surface area contributed by atoms with Crippen LogP contribution in [-0.2, 0) is 13.5 Å². The van der Waals surface area contributed by atoms with Crippen molar-refractivity contribution in [3.63, 3.8) is 0 Å². The molecule has 0 atom stereocenters. The van der Waals surface area contributed by atoms with Gasteiger partial charge >= 0.3 is 5.69 Å². The molecule has 1 aromatic carbocycles. The normalized spacial score (nSPS) is 10.6. The summed E-state index contributed by atoms with van der Waals surface area (Å²) in [4.78, 5) is 9.89. The van der Waals surface area contributed by atoms with Gasteiger partial charge in [-0.15, -0.1) is 10.2 Å². The quantitative estimate of drug-likeness (QED) is 0.666. The number of benzene rings is 1. The van der Waals surface area contributed by atoms with Gasteiger partial charge in [0.2, 0.25) is 5.82 Å². The molecule has 0 unspecified atom stereocenters. The first-order valence-corrected chi connectivity index (χ1v) is 5.69. The molecule has 1 aromatic heterocycles. The summed E-state index contributed by atoms with van der Waals surface area (Å²) in [6.45, 7) is 0.232. The van der Waals surface area contributed by atoms with Gasteiger partial charge in [-0.3, -0.25) is 10.1 Å². The van der Waals surface area contributed by atoms with Gasteiger partial charge < -0.3 is 9.88 Å². The third-order valence-corrected chi connectivity index (χ3v) is 2.68. The van der Waals surface area contributed by atoms with Gasteiger partial charge in [0.15, 0.2) is 0 Å². The van der Waals surface area contributed by atoms with Gasteiger partial charge in [-0.05, 0) is 0 Å². The number of aromatic nitrogens is 3. The van der Waals surface area contributed by atoms with E-state index in [1.54, 1.807) is 11.6 Å². The van der Waals surface area contributed by atoms with Crippen LogP contribution in [0.1, 0.15) is 5.82 Å². The summed E-state index contributed by atoms with van der Waals surface area (Å²) in [5.74, 6) is -1.44. The third-order valence-electron chi connectivity index (χ3n) is 2.68. The molecular weight excluding hydrogens is 272 g/mol. The Morgan fingerprint density at radius 3 is 2.80 bits per heavy atom. The highest BCUT2D eigenvalue weighted by atomic mass is 19.1. The highest BCUT2D eigenvalue weighted by Gasteiger charge is 2.21. The number of anilines is 1. The lowest BCUT2D eigenvalue weighted by atomic mass is 10.2. The summed E-state index contributed by atoms with van der Waals surface area (Å²) in [6.07, 6.45) is 1.92. The van der Waals surface area contributed by atoms with Crippen LogP contribution in [0.5, 0.6) is 0 Å². The summed E-state index contributed by atoms with van der Waals surface area (Å²) >= 11 is 0. The lowest BCUT2D eigenvalue weighted by Gasteiger charge is -2.07. The van der Waals surface area contributed by atoms with Gasteiger partial charge in [0, 0.05) is 32.1 Å². The van der Waals surface area contributed by atoms with Gasteiger partial charge in [-0.25, -0.2) is 4.39 Å². The smallest absolute Gasteiger partial charge is 0.327 e. The fourth-order valence-electron chi connectivity index (χ4n) is 1.73. The van der Waals surface area contributed by atoms with E-state index in [1.807, 2.05) is 0 Å².